The summed E-state index contributed by atoms with van der Waals surface area (Å²) in [6.45, 7) is 4.36. The molecule has 0 spiro atoms. The SMILES string of the molecule is COc1ccc(-c2cnc3n2CC2CN(Cc4cnn(C)c4)CC2C3)cc1.O=C(O)C(F)(F)F. The first-order valence-corrected chi connectivity index (χ1v) is 10.8. The van der Waals surface area contributed by atoms with Crippen molar-refractivity contribution in [2.75, 3.05) is 20.2 Å². The average molecular weight is 477 g/mol. The van der Waals surface area contributed by atoms with Crippen LogP contribution in [0.5, 0.6) is 5.75 Å². The predicted molar refractivity (Wildman–Crippen MR) is 117 cm³/mol. The van der Waals surface area contributed by atoms with Crippen molar-refractivity contribution in [2.45, 2.75) is 25.7 Å². The topological polar surface area (TPSA) is 85.4 Å². The van der Waals surface area contributed by atoms with Gasteiger partial charge < -0.3 is 14.4 Å². The lowest BCUT2D eigenvalue weighted by molar-refractivity contribution is -0.192. The molecule has 1 saturated heterocycles. The number of alkyl halides is 3. The first kappa shape index (κ1) is 23.8. The number of carboxylic acids is 1. The van der Waals surface area contributed by atoms with Crippen LogP contribution >= 0.6 is 0 Å². The maximum atomic E-state index is 10.6. The molecule has 2 unspecified atom stereocenters. The van der Waals surface area contributed by atoms with E-state index in [1.165, 1.54) is 22.6 Å². The number of halogens is 3. The summed E-state index contributed by atoms with van der Waals surface area (Å²) < 4.78 is 41.3. The summed E-state index contributed by atoms with van der Waals surface area (Å²) in [5.41, 5.74) is 3.72. The van der Waals surface area contributed by atoms with E-state index in [-0.39, 0.29) is 0 Å². The molecule has 0 radical (unpaired) electrons. The molecule has 11 heteroatoms. The Labute approximate surface area is 194 Å². The summed E-state index contributed by atoms with van der Waals surface area (Å²) in [5, 5.41) is 11.4. The highest BCUT2D eigenvalue weighted by Gasteiger charge is 2.39. The van der Waals surface area contributed by atoms with Gasteiger partial charge in [0.15, 0.2) is 0 Å². The van der Waals surface area contributed by atoms with E-state index in [9.17, 15) is 13.2 Å². The van der Waals surface area contributed by atoms with E-state index in [4.69, 9.17) is 19.6 Å². The second-order valence-corrected chi connectivity index (χ2v) is 8.64. The summed E-state index contributed by atoms with van der Waals surface area (Å²) in [4.78, 5) is 16.2. The maximum Gasteiger partial charge on any atom is 0.490 e. The first-order chi connectivity index (χ1) is 16.1. The Bertz CT molecular complexity index is 1140. The Balaban J connectivity index is 0.000000344. The van der Waals surface area contributed by atoms with Crippen LogP contribution in [0.25, 0.3) is 11.3 Å². The Morgan fingerprint density at radius 1 is 1.15 bits per heavy atom. The van der Waals surface area contributed by atoms with Gasteiger partial charge in [-0.3, -0.25) is 9.58 Å². The lowest BCUT2D eigenvalue weighted by Crippen LogP contribution is -2.28. The summed E-state index contributed by atoms with van der Waals surface area (Å²) in [7, 11) is 3.68. The van der Waals surface area contributed by atoms with E-state index < -0.39 is 12.1 Å². The standard InChI is InChI=1S/C21H25N5O.C2HF3O2/c1-24-10-15(8-23-24)11-25-12-17-7-21-22-9-20(26(21)14-18(17)13-25)16-3-5-19(27-2)6-4-16;3-2(4,5)1(6)7/h3-6,8-10,17-18H,7,11-14H2,1-2H3;(H,6,7). The zero-order valence-electron chi connectivity index (χ0n) is 18.9. The summed E-state index contributed by atoms with van der Waals surface area (Å²) in [5.74, 6) is 0.762. The smallest absolute Gasteiger partial charge is 0.490 e. The third-order valence-electron chi connectivity index (χ3n) is 6.24. The number of aromatic nitrogens is 4. The second-order valence-electron chi connectivity index (χ2n) is 8.64. The molecule has 34 heavy (non-hydrogen) atoms. The molecule has 2 aromatic heterocycles. The Hall–Kier alpha value is -3.34. The van der Waals surface area contributed by atoms with Crippen LogP contribution in [0.1, 0.15) is 11.4 Å². The minimum absolute atomic E-state index is 0.695. The van der Waals surface area contributed by atoms with Crippen LogP contribution in [0.2, 0.25) is 0 Å². The number of carboxylic acid groups (broad SMARTS) is 1. The van der Waals surface area contributed by atoms with Gasteiger partial charge in [-0.15, -0.1) is 0 Å². The Morgan fingerprint density at radius 2 is 1.82 bits per heavy atom. The van der Waals surface area contributed by atoms with Gasteiger partial charge in [0.1, 0.15) is 11.6 Å². The van der Waals surface area contributed by atoms with E-state index in [0.717, 1.165) is 38.3 Å². The van der Waals surface area contributed by atoms with E-state index in [2.05, 4.69) is 32.9 Å². The van der Waals surface area contributed by atoms with Crippen molar-refractivity contribution in [2.24, 2.45) is 18.9 Å². The van der Waals surface area contributed by atoms with Crippen LogP contribution in [-0.2, 0) is 31.4 Å². The molecule has 1 fully saturated rings. The molecule has 0 saturated carbocycles. The first-order valence-electron chi connectivity index (χ1n) is 10.8. The lowest BCUT2D eigenvalue weighted by Gasteiger charge is -2.27. The number of methoxy groups -OCH3 is 1. The number of hydrogen-bond donors (Lipinski definition) is 1. The molecule has 4 heterocycles. The fourth-order valence-corrected chi connectivity index (χ4v) is 4.66. The van der Waals surface area contributed by atoms with E-state index in [1.807, 2.05) is 36.3 Å². The van der Waals surface area contributed by atoms with Gasteiger partial charge in [-0.1, -0.05) is 0 Å². The van der Waals surface area contributed by atoms with E-state index in [0.29, 0.717) is 11.8 Å². The molecular formula is C23H26F3N5O3. The molecule has 1 aromatic carbocycles. The number of imidazole rings is 1. The fourth-order valence-electron chi connectivity index (χ4n) is 4.66. The minimum Gasteiger partial charge on any atom is -0.497 e. The molecule has 1 N–H and O–H groups in total. The Morgan fingerprint density at radius 3 is 2.41 bits per heavy atom. The van der Waals surface area contributed by atoms with Crippen LogP contribution in [0, 0.1) is 11.8 Å². The average Bonchev–Trinajstić information content (AvgIpc) is 3.49. The van der Waals surface area contributed by atoms with Crippen molar-refractivity contribution in [1.29, 1.82) is 0 Å². The number of carbonyl (C=O) groups is 1. The van der Waals surface area contributed by atoms with Crippen LogP contribution in [0.15, 0.2) is 42.9 Å². The summed E-state index contributed by atoms with van der Waals surface area (Å²) in [6.07, 6.45) is 2.12. The lowest BCUT2D eigenvalue weighted by atomic mass is 9.89. The number of fused-ring (bicyclic) bond motifs is 2. The van der Waals surface area contributed by atoms with Gasteiger partial charge in [0.25, 0.3) is 0 Å². The maximum absolute atomic E-state index is 10.6. The largest absolute Gasteiger partial charge is 0.497 e. The quantitative estimate of drug-likeness (QED) is 0.621. The number of aliphatic carboxylic acids is 1. The van der Waals surface area contributed by atoms with E-state index >= 15 is 0 Å². The fraction of sp³-hybridized carbons (Fsp3) is 0.435. The molecule has 5 rings (SSSR count). The monoisotopic (exact) mass is 477 g/mol. The number of hydrogen-bond acceptors (Lipinski definition) is 5. The van der Waals surface area contributed by atoms with Gasteiger partial charge >= 0.3 is 12.1 Å². The number of aryl methyl sites for hydroxylation is 1. The van der Waals surface area contributed by atoms with Gasteiger partial charge in [0.05, 0.1) is 25.2 Å². The third-order valence-corrected chi connectivity index (χ3v) is 6.24. The van der Waals surface area contributed by atoms with Crippen molar-refractivity contribution in [3.63, 3.8) is 0 Å². The van der Waals surface area contributed by atoms with Gasteiger partial charge in [-0.25, -0.2) is 9.78 Å². The van der Waals surface area contributed by atoms with Crippen LogP contribution in [0.3, 0.4) is 0 Å². The molecule has 0 aliphatic carbocycles. The van der Waals surface area contributed by atoms with Crippen molar-refractivity contribution in [3.05, 3.63) is 54.2 Å². The molecule has 3 aromatic rings. The van der Waals surface area contributed by atoms with Crippen molar-refractivity contribution >= 4 is 5.97 Å². The molecule has 0 bridgehead atoms. The van der Waals surface area contributed by atoms with Gasteiger partial charge in [0.2, 0.25) is 0 Å². The molecule has 2 aliphatic rings. The zero-order chi connectivity index (χ0) is 24.5. The highest BCUT2D eigenvalue weighted by Crippen LogP contribution is 2.36. The third kappa shape index (κ3) is 5.24. The molecule has 8 nitrogen and oxygen atoms in total. The predicted octanol–water partition coefficient (Wildman–Crippen LogP) is 3.23. The van der Waals surface area contributed by atoms with Crippen LogP contribution in [0.4, 0.5) is 13.2 Å². The van der Waals surface area contributed by atoms with Crippen LogP contribution in [-0.4, -0.2) is 61.7 Å². The Kier molecular flexibility index (Phi) is 6.65. The second kappa shape index (κ2) is 9.49. The number of nitrogens with zero attached hydrogens (tertiary/aromatic N) is 5. The number of likely N-dealkylation sites (tertiary alicyclic amines) is 1. The van der Waals surface area contributed by atoms with Crippen molar-refractivity contribution < 1.29 is 27.8 Å². The number of rotatable bonds is 4. The van der Waals surface area contributed by atoms with E-state index in [1.54, 1.807) is 7.11 Å². The summed E-state index contributed by atoms with van der Waals surface area (Å²) in [6, 6.07) is 8.29. The molecular weight excluding hydrogens is 451 g/mol. The molecule has 182 valence electrons. The normalized spacial score (nSPS) is 19.7. The molecule has 2 atom stereocenters. The highest BCUT2D eigenvalue weighted by molar-refractivity contribution is 5.73. The zero-order valence-corrected chi connectivity index (χ0v) is 18.9. The minimum atomic E-state index is -5.08. The summed E-state index contributed by atoms with van der Waals surface area (Å²) >= 11 is 0. The van der Waals surface area contributed by atoms with Crippen molar-refractivity contribution in [3.8, 4) is 17.0 Å². The molecule has 0 amide bonds. The highest BCUT2D eigenvalue weighted by atomic mass is 19.4. The molecule has 2 aliphatic heterocycles. The van der Waals surface area contributed by atoms with Gasteiger partial charge in [-0.2, -0.15) is 18.3 Å². The van der Waals surface area contributed by atoms with Crippen LogP contribution < -0.4 is 4.74 Å². The number of ether oxygens (including phenoxy) is 1. The van der Waals surface area contributed by atoms with Crippen molar-refractivity contribution in [1.82, 2.24) is 24.2 Å². The van der Waals surface area contributed by atoms with Gasteiger partial charge in [-0.05, 0) is 36.1 Å². The van der Waals surface area contributed by atoms with Gasteiger partial charge in [0, 0.05) is 57.0 Å². The number of benzene rings is 1.